The molecule has 6 heteroatoms. The number of hydrogen-bond acceptors (Lipinski definition) is 4. The minimum atomic E-state index is -0.378. The Hall–Kier alpha value is -2.60. The maximum absolute atomic E-state index is 13.1. The van der Waals surface area contributed by atoms with E-state index in [9.17, 15) is 9.59 Å². The number of anilines is 1. The molecule has 0 aliphatic carbocycles. The van der Waals surface area contributed by atoms with E-state index in [0.717, 1.165) is 26.7 Å². The molecule has 0 unspecified atom stereocenters. The van der Waals surface area contributed by atoms with Gasteiger partial charge in [0.05, 0.1) is 12.7 Å². The maximum Gasteiger partial charge on any atom is 0.337 e. The van der Waals surface area contributed by atoms with Crippen LogP contribution in [-0.4, -0.2) is 25.5 Å². The van der Waals surface area contributed by atoms with E-state index in [1.807, 2.05) is 25.1 Å². The van der Waals surface area contributed by atoms with Gasteiger partial charge in [0.2, 0.25) is 0 Å². The first-order valence-corrected chi connectivity index (χ1v) is 9.00. The Labute approximate surface area is 158 Å². The van der Waals surface area contributed by atoms with Gasteiger partial charge in [-0.25, -0.2) is 4.79 Å². The number of carbonyl (C=O) groups excluding carboxylic acids is 2. The van der Waals surface area contributed by atoms with Gasteiger partial charge in [0.1, 0.15) is 5.58 Å². The average molecular weight is 414 g/mol. The number of ether oxygens (including phenoxy) is 1. The molecule has 2 aromatic carbocycles. The van der Waals surface area contributed by atoms with Crippen LogP contribution < -0.4 is 4.90 Å². The summed E-state index contributed by atoms with van der Waals surface area (Å²) in [6.07, 6.45) is 0.691. The molecule has 4 rings (SSSR count). The molecule has 1 aliphatic rings. The second kappa shape index (κ2) is 6.29. The van der Waals surface area contributed by atoms with Crippen molar-refractivity contribution in [2.75, 3.05) is 18.6 Å². The first-order valence-electron chi connectivity index (χ1n) is 8.21. The van der Waals surface area contributed by atoms with Gasteiger partial charge in [0.25, 0.3) is 5.91 Å². The highest BCUT2D eigenvalue weighted by Gasteiger charge is 2.30. The lowest BCUT2D eigenvalue weighted by Crippen LogP contribution is -2.29. The van der Waals surface area contributed by atoms with Gasteiger partial charge in [0, 0.05) is 27.7 Å². The number of nitrogens with zero attached hydrogens (tertiary/aromatic N) is 1. The summed E-state index contributed by atoms with van der Waals surface area (Å²) in [6, 6.07) is 10.9. The van der Waals surface area contributed by atoms with Crippen LogP contribution in [0.2, 0.25) is 0 Å². The Bertz CT molecular complexity index is 1050. The second-order valence-electron chi connectivity index (χ2n) is 6.24. The van der Waals surface area contributed by atoms with Gasteiger partial charge in [0.15, 0.2) is 5.76 Å². The molecular formula is C20H16BrNO4. The summed E-state index contributed by atoms with van der Waals surface area (Å²) in [5.74, 6) is -0.196. The molecule has 0 N–H and O–H groups in total. The molecule has 3 aromatic rings. The van der Waals surface area contributed by atoms with Crippen LogP contribution in [0.15, 0.2) is 45.3 Å². The third kappa shape index (κ3) is 2.61. The van der Waals surface area contributed by atoms with Crippen molar-refractivity contribution in [1.29, 1.82) is 0 Å². The van der Waals surface area contributed by atoms with Gasteiger partial charge < -0.3 is 14.1 Å². The Balaban J connectivity index is 1.71. The van der Waals surface area contributed by atoms with Crippen LogP contribution in [0.1, 0.15) is 32.0 Å². The first kappa shape index (κ1) is 16.8. The van der Waals surface area contributed by atoms with Gasteiger partial charge in [-0.15, -0.1) is 0 Å². The fourth-order valence-electron chi connectivity index (χ4n) is 3.38. The third-order valence-electron chi connectivity index (χ3n) is 4.73. The number of hydrogen-bond donors (Lipinski definition) is 0. The number of amides is 1. The van der Waals surface area contributed by atoms with Crippen LogP contribution in [-0.2, 0) is 11.2 Å². The molecule has 0 atom stereocenters. The SMILES string of the molecule is COC(=O)c1ccc2c(c1)CCN2C(=O)c1oc2ccc(Br)cc2c1C. The molecule has 132 valence electrons. The van der Waals surface area contributed by atoms with E-state index in [1.165, 1.54) is 7.11 Å². The monoisotopic (exact) mass is 413 g/mol. The van der Waals surface area contributed by atoms with Crippen molar-refractivity contribution in [3.8, 4) is 0 Å². The van der Waals surface area contributed by atoms with Gasteiger partial charge >= 0.3 is 5.97 Å². The van der Waals surface area contributed by atoms with Gasteiger partial charge in [-0.05, 0) is 55.3 Å². The van der Waals surface area contributed by atoms with E-state index in [-0.39, 0.29) is 11.9 Å². The summed E-state index contributed by atoms with van der Waals surface area (Å²) < 4.78 is 11.5. The fraction of sp³-hybridized carbons (Fsp3) is 0.200. The first-order chi connectivity index (χ1) is 12.5. The minimum Gasteiger partial charge on any atom is -0.465 e. The van der Waals surface area contributed by atoms with Crippen molar-refractivity contribution >= 4 is 44.5 Å². The van der Waals surface area contributed by atoms with Crippen LogP contribution in [0.5, 0.6) is 0 Å². The maximum atomic E-state index is 13.1. The number of rotatable bonds is 2. The Kier molecular flexibility index (Phi) is 4.07. The summed E-state index contributed by atoms with van der Waals surface area (Å²) in [7, 11) is 1.36. The zero-order valence-electron chi connectivity index (χ0n) is 14.3. The number of methoxy groups -OCH3 is 1. The van der Waals surface area contributed by atoms with Crippen LogP contribution in [0.4, 0.5) is 5.69 Å². The molecule has 0 bridgehead atoms. The summed E-state index contributed by atoms with van der Waals surface area (Å²) in [5.41, 5.74) is 3.77. The number of aryl methyl sites for hydroxylation is 1. The van der Waals surface area contributed by atoms with Crippen LogP contribution >= 0.6 is 15.9 Å². The summed E-state index contributed by atoms with van der Waals surface area (Å²) in [5, 5.41) is 0.920. The van der Waals surface area contributed by atoms with E-state index in [1.54, 1.807) is 23.1 Å². The predicted molar refractivity (Wildman–Crippen MR) is 102 cm³/mol. The highest BCUT2D eigenvalue weighted by molar-refractivity contribution is 9.10. The second-order valence-corrected chi connectivity index (χ2v) is 7.15. The predicted octanol–water partition coefficient (Wildman–Crippen LogP) is 4.49. The number of esters is 1. The molecule has 0 saturated heterocycles. The molecule has 26 heavy (non-hydrogen) atoms. The van der Waals surface area contributed by atoms with Crippen molar-refractivity contribution in [2.24, 2.45) is 0 Å². The lowest BCUT2D eigenvalue weighted by Gasteiger charge is -2.16. The zero-order chi connectivity index (χ0) is 18.4. The quantitative estimate of drug-likeness (QED) is 0.580. The molecule has 5 nitrogen and oxygen atoms in total. The Morgan fingerprint density at radius 2 is 2.00 bits per heavy atom. The van der Waals surface area contributed by atoms with Crippen molar-refractivity contribution in [2.45, 2.75) is 13.3 Å². The van der Waals surface area contributed by atoms with Crippen LogP contribution in [0.3, 0.4) is 0 Å². The minimum absolute atomic E-state index is 0.167. The molecule has 0 spiro atoms. The van der Waals surface area contributed by atoms with Crippen molar-refractivity contribution < 1.29 is 18.7 Å². The molecule has 0 saturated carbocycles. The van der Waals surface area contributed by atoms with Crippen molar-refractivity contribution in [3.05, 3.63) is 63.3 Å². The normalized spacial score (nSPS) is 13.1. The fourth-order valence-corrected chi connectivity index (χ4v) is 3.74. The topological polar surface area (TPSA) is 59.8 Å². The number of carbonyl (C=O) groups is 2. The van der Waals surface area contributed by atoms with E-state index in [0.29, 0.717) is 29.9 Å². The van der Waals surface area contributed by atoms with E-state index < -0.39 is 0 Å². The summed E-state index contributed by atoms with van der Waals surface area (Å²) >= 11 is 3.45. The number of fused-ring (bicyclic) bond motifs is 2. The zero-order valence-corrected chi connectivity index (χ0v) is 15.9. The van der Waals surface area contributed by atoms with Crippen molar-refractivity contribution in [1.82, 2.24) is 0 Å². The van der Waals surface area contributed by atoms with Gasteiger partial charge in [-0.2, -0.15) is 0 Å². The number of halogens is 1. The molecular weight excluding hydrogens is 398 g/mol. The summed E-state index contributed by atoms with van der Waals surface area (Å²) in [6.45, 7) is 2.45. The molecule has 1 aromatic heterocycles. The van der Waals surface area contributed by atoms with Gasteiger partial charge in [-0.1, -0.05) is 15.9 Å². The van der Waals surface area contributed by atoms with E-state index in [4.69, 9.17) is 9.15 Å². The lowest BCUT2D eigenvalue weighted by atomic mass is 10.1. The van der Waals surface area contributed by atoms with Crippen molar-refractivity contribution in [3.63, 3.8) is 0 Å². The largest absolute Gasteiger partial charge is 0.465 e. The Morgan fingerprint density at radius 3 is 2.77 bits per heavy atom. The summed E-state index contributed by atoms with van der Waals surface area (Å²) in [4.78, 5) is 26.5. The van der Waals surface area contributed by atoms with E-state index >= 15 is 0 Å². The molecule has 0 radical (unpaired) electrons. The standard InChI is InChI=1S/C20H16BrNO4/c1-11-15-10-14(21)4-6-17(15)26-18(11)19(23)22-8-7-12-9-13(20(24)25-2)3-5-16(12)22/h3-6,9-10H,7-8H2,1-2H3. The highest BCUT2D eigenvalue weighted by atomic mass is 79.9. The molecule has 0 fully saturated rings. The lowest BCUT2D eigenvalue weighted by molar-refractivity contribution is 0.0600. The Morgan fingerprint density at radius 1 is 1.19 bits per heavy atom. The smallest absolute Gasteiger partial charge is 0.337 e. The molecule has 1 amide bonds. The molecule has 2 heterocycles. The number of benzene rings is 2. The number of furan rings is 1. The average Bonchev–Trinajstić information content (AvgIpc) is 3.21. The molecule has 1 aliphatic heterocycles. The van der Waals surface area contributed by atoms with Gasteiger partial charge in [-0.3, -0.25) is 4.79 Å². The van der Waals surface area contributed by atoms with Crippen LogP contribution in [0.25, 0.3) is 11.0 Å². The van der Waals surface area contributed by atoms with E-state index in [2.05, 4.69) is 15.9 Å². The highest BCUT2D eigenvalue weighted by Crippen LogP contribution is 2.34. The van der Waals surface area contributed by atoms with Crippen LogP contribution in [0, 0.1) is 6.92 Å². The third-order valence-corrected chi connectivity index (χ3v) is 5.23.